The molecule has 0 bridgehead atoms. The molecule has 0 saturated carbocycles. The Morgan fingerprint density at radius 3 is 2.88 bits per heavy atom. The third-order valence-corrected chi connectivity index (χ3v) is 5.04. The minimum Gasteiger partial charge on any atom is -0.389 e. The Labute approximate surface area is 143 Å². The summed E-state index contributed by atoms with van der Waals surface area (Å²) >= 11 is 0. The molecular formula is C14H20N4O6P+. The van der Waals surface area contributed by atoms with Gasteiger partial charge in [0, 0.05) is 11.8 Å². The van der Waals surface area contributed by atoms with Gasteiger partial charge in [0.1, 0.15) is 17.1 Å². The van der Waals surface area contributed by atoms with Crippen LogP contribution in [0.1, 0.15) is 18.5 Å². The first-order valence-electron chi connectivity index (χ1n) is 7.85. The van der Waals surface area contributed by atoms with Gasteiger partial charge in [-0.2, -0.15) is 0 Å². The second-order valence-corrected chi connectivity index (χ2v) is 6.86. The van der Waals surface area contributed by atoms with Crippen LogP contribution in [0.25, 0.3) is 11.0 Å². The van der Waals surface area contributed by atoms with Gasteiger partial charge in [-0.3, -0.25) is 4.79 Å². The summed E-state index contributed by atoms with van der Waals surface area (Å²) < 4.78 is 21.6. The summed E-state index contributed by atoms with van der Waals surface area (Å²) in [6, 6.07) is -1.18. The lowest BCUT2D eigenvalue weighted by Gasteiger charge is -2.14. The number of hydrogen-bond donors (Lipinski definition) is 5. The van der Waals surface area contributed by atoms with E-state index in [1.165, 1.54) is 6.33 Å². The number of hydrogen-bond acceptors (Lipinski definition) is 8. The minimum absolute atomic E-state index is 0.0548. The lowest BCUT2D eigenvalue weighted by atomic mass is 10.0. The molecule has 1 fully saturated rings. The van der Waals surface area contributed by atoms with Gasteiger partial charge in [-0.15, -0.1) is 4.52 Å². The Balaban J connectivity index is 1.70. The Hall–Kier alpha value is -1.68. The average molecular weight is 371 g/mol. The highest BCUT2D eigenvalue weighted by Gasteiger charge is 2.43. The number of ether oxygens (including phenoxy) is 1. The first-order valence-corrected chi connectivity index (χ1v) is 9.21. The molecule has 5 N–H and O–H groups in total. The topological polar surface area (TPSA) is 150 Å². The monoisotopic (exact) mass is 371 g/mol. The number of aliphatic hydroxyl groups excluding tert-OH is 2. The van der Waals surface area contributed by atoms with Crippen molar-refractivity contribution in [2.75, 3.05) is 19.6 Å². The van der Waals surface area contributed by atoms with Crippen molar-refractivity contribution in [3.05, 3.63) is 28.4 Å². The predicted octanol–water partition coefficient (Wildman–Crippen LogP) is -0.261. The largest absolute Gasteiger partial charge is 0.537 e. The quantitative estimate of drug-likeness (QED) is 0.418. The third kappa shape index (κ3) is 3.64. The van der Waals surface area contributed by atoms with Gasteiger partial charge in [0.2, 0.25) is 0 Å². The van der Waals surface area contributed by atoms with Crippen LogP contribution in [0, 0.1) is 0 Å². The maximum Gasteiger partial charge on any atom is 0.537 e. The van der Waals surface area contributed by atoms with E-state index in [2.05, 4.69) is 20.3 Å². The van der Waals surface area contributed by atoms with Crippen LogP contribution in [0.15, 0.2) is 17.3 Å². The van der Waals surface area contributed by atoms with Crippen molar-refractivity contribution in [1.29, 1.82) is 0 Å². The van der Waals surface area contributed by atoms with Crippen LogP contribution in [-0.2, 0) is 13.8 Å². The molecule has 0 amide bonds. The molecule has 3 heterocycles. The lowest BCUT2D eigenvalue weighted by Crippen LogP contribution is -2.37. The number of nitrogens with zero attached hydrogens (tertiary/aromatic N) is 1. The van der Waals surface area contributed by atoms with Gasteiger partial charge < -0.3 is 30.2 Å². The maximum absolute atomic E-state index is 11.8. The van der Waals surface area contributed by atoms with E-state index < -0.39 is 32.3 Å². The SMILES string of the molecule is CCO[P+](=O)COC[C@H]1N[C@@H](c2c[nH]c3c(=O)[nH]cnc23)[C@H](O)[C@@H]1O. The molecule has 2 aromatic heterocycles. The summed E-state index contributed by atoms with van der Waals surface area (Å²) in [6.45, 7) is 2.12. The zero-order valence-electron chi connectivity index (χ0n) is 13.5. The van der Waals surface area contributed by atoms with Crippen molar-refractivity contribution in [2.24, 2.45) is 0 Å². The Morgan fingerprint density at radius 1 is 1.32 bits per heavy atom. The van der Waals surface area contributed by atoms with Crippen LogP contribution in [0.2, 0.25) is 0 Å². The summed E-state index contributed by atoms with van der Waals surface area (Å²) in [6.07, 6.45) is 0.593. The van der Waals surface area contributed by atoms with Crippen LogP contribution < -0.4 is 10.9 Å². The van der Waals surface area contributed by atoms with E-state index in [1.807, 2.05) is 0 Å². The first kappa shape index (κ1) is 18.1. The summed E-state index contributed by atoms with van der Waals surface area (Å²) in [4.78, 5) is 21.2. The van der Waals surface area contributed by atoms with Gasteiger partial charge in [-0.25, -0.2) is 4.98 Å². The molecule has 136 valence electrons. The van der Waals surface area contributed by atoms with Gasteiger partial charge in [0.15, 0.2) is 0 Å². The molecule has 5 atom stereocenters. The number of aliphatic hydroxyl groups is 2. The predicted molar refractivity (Wildman–Crippen MR) is 88.4 cm³/mol. The molecule has 1 aliphatic heterocycles. The maximum atomic E-state index is 11.8. The number of nitrogens with one attached hydrogen (secondary N) is 3. The molecule has 25 heavy (non-hydrogen) atoms. The second-order valence-electron chi connectivity index (χ2n) is 5.68. The number of rotatable bonds is 7. The highest BCUT2D eigenvalue weighted by atomic mass is 31.1. The molecule has 1 aliphatic rings. The lowest BCUT2D eigenvalue weighted by molar-refractivity contribution is 0.0128. The molecule has 10 nitrogen and oxygen atoms in total. The molecule has 0 radical (unpaired) electrons. The second kappa shape index (κ2) is 7.69. The summed E-state index contributed by atoms with van der Waals surface area (Å²) in [5.41, 5.74) is 0.988. The van der Waals surface area contributed by atoms with E-state index in [1.54, 1.807) is 13.1 Å². The standard InChI is InChI=1S/C14H19N4O6P/c1-2-24-25(22)6-23-4-8-12(19)13(20)10(18-8)7-3-15-11-9(7)16-5-17-14(11)21/h3,5,8,10,12-13,18-20H,2,4,6H2,1H3,(H-,15,16,17,21)/p+1/t8-,10+,12-,13+/m1/s1. The molecule has 1 saturated heterocycles. The van der Waals surface area contributed by atoms with Crippen LogP contribution >= 0.6 is 8.03 Å². The van der Waals surface area contributed by atoms with E-state index in [4.69, 9.17) is 9.26 Å². The number of aromatic amines is 2. The number of fused-ring (bicyclic) bond motifs is 1. The van der Waals surface area contributed by atoms with Crippen LogP contribution in [0.5, 0.6) is 0 Å². The smallest absolute Gasteiger partial charge is 0.389 e. The zero-order chi connectivity index (χ0) is 18.0. The van der Waals surface area contributed by atoms with E-state index in [9.17, 15) is 19.6 Å². The molecule has 0 aromatic carbocycles. The van der Waals surface area contributed by atoms with Gasteiger partial charge >= 0.3 is 8.03 Å². The van der Waals surface area contributed by atoms with E-state index in [-0.39, 0.29) is 18.5 Å². The number of aromatic nitrogens is 3. The van der Waals surface area contributed by atoms with Gasteiger partial charge in [0.05, 0.1) is 37.7 Å². The van der Waals surface area contributed by atoms with Gasteiger partial charge in [0.25, 0.3) is 11.9 Å². The number of H-pyrrole nitrogens is 2. The molecule has 11 heteroatoms. The van der Waals surface area contributed by atoms with Crippen molar-refractivity contribution in [2.45, 2.75) is 31.2 Å². The highest BCUT2D eigenvalue weighted by molar-refractivity contribution is 7.38. The normalized spacial score (nSPS) is 27.1. The Morgan fingerprint density at radius 2 is 2.12 bits per heavy atom. The Bertz CT molecular complexity index is 808. The zero-order valence-corrected chi connectivity index (χ0v) is 14.4. The van der Waals surface area contributed by atoms with Crippen LogP contribution in [0.4, 0.5) is 0 Å². The van der Waals surface area contributed by atoms with E-state index in [0.29, 0.717) is 23.2 Å². The van der Waals surface area contributed by atoms with Crippen molar-refractivity contribution < 1.29 is 24.0 Å². The molecule has 0 aliphatic carbocycles. The molecule has 1 unspecified atom stereocenters. The van der Waals surface area contributed by atoms with Crippen molar-refractivity contribution in [3.8, 4) is 0 Å². The van der Waals surface area contributed by atoms with Crippen molar-refractivity contribution in [3.63, 3.8) is 0 Å². The summed E-state index contributed by atoms with van der Waals surface area (Å²) in [5, 5.41) is 23.6. The molecule has 0 spiro atoms. The molecular weight excluding hydrogens is 351 g/mol. The first-order chi connectivity index (χ1) is 12.0. The fourth-order valence-electron chi connectivity index (χ4n) is 2.93. The highest BCUT2D eigenvalue weighted by Crippen LogP contribution is 2.31. The van der Waals surface area contributed by atoms with E-state index >= 15 is 0 Å². The van der Waals surface area contributed by atoms with E-state index in [0.717, 1.165) is 0 Å². The molecule has 3 rings (SSSR count). The summed E-state index contributed by atoms with van der Waals surface area (Å²) in [7, 11) is -1.90. The fourth-order valence-corrected chi connectivity index (χ4v) is 3.54. The average Bonchev–Trinajstić information content (AvgIpc) is 3.12. The third-order valence-electron chi connectivity index (χ3n) is 4.10. The summed E-state index contributed by atoms with van der Waals surface area (Å²) in [5.74, 6) is 0. The Kier molecular flexibility index (Phi) is 5.57. The molecule has 2 aromatic rings. The fraction of sp³-hybridized carbons (Fsp3) is 0.571. The van der Waals surface area contributed by atoms with Crippen molar-refractivity contribution >= 4 is 19.1 Å². The van der Waals surface area contributed by atoms with Crippen LogP contribution in [-0.4, -0.2) is 63.0 Å². The van der Waals surface area contributed by atoms with Crippen molar-refractivity contribution in [1.82, 2.24) is 20.3 Å². The van der Waals surface area contributed by atoms with Crippen LogP contribution in [0.3, 0.4) is 0 Å². The van der Waals surface area contributed by atoms with Gasteiger partial charge in [-0.1, -0.05) is 0 Å². The van der Waals surface area contributed by atoms with Gasteiger partial charge in [-0.05, 0) is 11.5 Å². The minimum atomic E-state index is -1.90.